The van der Waals surface area contributed by atoms with Gasteiger partial charge in [0, 0.05) is 22.8 Å². The highest BCUT2D eigenvalue weighted by molar-refractivity contribution is 6.31. The third kappa shape index (κ3) is 4.71. The smallest absolute Gasteiger partial charge is 0.358 e. The molecule has 148 valence electrons. The Morgan fingerprint density at radius 2 is 1.90 bits per heavy atom. The molecule has 0 bridgehead atoms. The number of H-pyrrole nitrogens is 1. The number of nitrogens with one attached hydrogen (secondary N) is 3. The summed E-state index contributed by atoms with van der Waals surface area (Å²) in [4.78, 5) is 41.1. The van der Waals surface area contributed by atoms with Crippen LogP contribution < -0.4 is 16.2 Å². The summed E-state index contributed by atoms with van der Waals surface area (Å²) in [6, 6.07) is 12.9. The van der Waals surface area contributed by atoms with Crippen LogP contribution in [-0.4, -0.2) is 32.2 Å². The number of carboxylic acid groups (broad SMARTS) is 1. The first-order valence-electron chi connectivity index (χ1n) is 8.30. The number of carboxylic acids is 1. The number of hydrogen-bond donors (Lipinski definition) is 5. The van der Waals surface area contributed by atoms with Crippen LogP contribution in [0.1, 0.15) is 16.1 Å². The van der Waals surface area contributed by atoms with Crippen LogP contribution >= 0.6 is 11.6 Å². The lowest BCUT2D eigenvalue weighted by Gasteiger charge is -2.10. The largest absolute Gasteiger partial charge is 0.501 e. The summed E-state index contributed by atoms with van der Waals surface area (Å²) in [5, 5.41) is 24.4. The summed E-state index contributed by atoms with van der Waals surface area (Å²) in [5.41, 5.74) is -0.270. The predicted molar refractivity (Wildman–Crippen MR) is 106 cm³/mol. The number of rotatable bonds is 5. The van der Waals surface area contributed by atoms with E-state index in [4.69, 9.17) is 16.7 Å². The molecule has 0 saturated heterocycles. The van der Waals surface area contributed by atoms with Gasteiger partial charge in [0.15, 0.2) is 5.69 Å². The van der Waals surface area contributed by atoms with Gasteiger partial charge >= 0.3 is 12.0 Å². The Hall–Kier alpha value is -3.85. The van der Waals surface area contributed by atoms with Crippen LogP contribution in [-0.2, 0) is 6.54 Å². The minimum Gasteiger partial charge on any atom is -0.501 e. The standard InChI is InChI=1S/C19H15ClN4O5/c20-13-7-2-1-4-11(13)9-21-19(29)22-12-6-3-5-10(8-12)16-23-14(18(27)28)15(25)17(26)24-16/h1-8,25H,9H2,(H,27,28)(H2,21,22,29)(H,23,24,26). The normalized spacial score (nSPS) is 10.4. The zero-order valence-electron chi connectivity index (χ0n) is 14.8. The first kappa shape index (κ1) is 19.9. The number of aromatic carboxylic acids is 1. The van der Waals surface area contributed by atoms with Crippen molar-refractivity contribution >= 4 is 29.3 Å². The van der Waals surface area contributed by atoms with Gasteiger partial charge in [0.25, 0.3) is 5.56 Å². The second-order valence-corrected chi connectivity index (χ2v) is 6.30. The van der Waals surface area contributed by atoms with E-state index in [1.807, 2.05) is 0 Å². The van der Waals surface area contributed by atoms with Crippen molar-refractivity contribution in [2.75, 3.05) is 5.32 Å². The molecule has 0 aliphatic carbocycles. The number of nitrogens with zero attached hydrogens (tertiary/aromatic N) is 1. The summed E-state index contributed by atoms with van der Waals surface area (Å²) in [6.45, 7) is 0.222. The van der Waals surface area contributed by atoms with Gasteiger partial charge in [-0.2, -0.15) is 0 Å². The zero-order valence-corrected chi connectivity index (χ0v) is 15.5. The molecule has 1 heterocycles. The van der Waals surface area contributed by atoms with Crippen LogP contribution in [0.2, 0.25) is 5.02 Å². The van der Waals surface area contributed by atoms with E-state index >= 15 is 0 Å². The van der Waals surface area contributed by atoms with E-state index in [0.717, 1.165) is 5.56 Å². The van der Waals surface area contributed by atoms with Crippen molar-refractivity contribution in [3.05, 3.63) is 75.2 Å². The Morgan fingerprint density at radius 3 is 2.62 bits per heavy atom. The first-order valence-corrected chi connectivity index (χ1v) is 8.68. The summed E-state index contributed by atoms with van der Waals surface area (Å²) < 4.78 is 0. The number of amides is 2. The SMILES string of the molecule is O=C(NCc1ccccc1Cl)Nc1cccc(-c2nc(C(=O)O)c(O)c(=O)[nH]2)c1. The van der Waals surface area contributed by atoms with Gasteiger partial charge in [0.1, 0.15) is 5.82 Å². The number of urea groups is 1. The minimum atomic E-state index is -1.54. The molecular weight excluding hydrogens is 400 g/mol. The average molecular weight is 415 g/mol. The lowest BCUT2D eigenvalue weighted by atomic mass is 10.2. The molecule has 0 aliphatic heterocycles. The van der Waals surface area contributed by atoms with Crippen LogP contribution in [0.4, 0.5) is 10.5 Å². The molecule has 1 aromatic heterocycles. The number of hydrogen-bond acceptors (Lipinski definition) is 5. The van der Waals surface area contributed by atoms with Crippen molar-refractivity contribution in [2.45, 2.75) is 6.54 Å². The van der Waals surface area contributed by atoms with Gasteiger partial charge in [-0.3, -0.25) is 4.79 Å². The van der Waals surface area contributed by atoms with E-state index in [9.17, 15) is 19.5 Å². The van der Waals surface area contributed by atoms with E-state index in [1.165, 1.54) is 6.07 Å². The lowest BCUT2D eigenvalue weighted by molar-refractivity contribution is 0.0686. The third-order valence-corrected chi connectivity index (χ3v) is 4.26. The molecule has 0 radical (unpaired) electrons. The Labute approximate surface area is 169 Å². The summed E-state index contributed by atoms with van der Waals surface area (Å²) >= 11 is 6.05. The number of carbonyl (C=O) groups excluding carboxylic acids is 1. The van der Waals surface area contributed by atoms with Gasteiger partial charge in [-0.05, 0) is 23.8 Å². The third-order valence-electron chi connectivity index (χ3n) is 3.89. The fraction of sp³-hybridized carbons (Fsp3) is 0.0526. The Morgan fingerprint density at radius 1 is 1.14 bits per heavy atom. The fourth-order valence-electron chi connectivity index (χ4n) is 2.49. The van der Waals surface area contributed by atoms with Crippen molar-refractivity contribution in [1.82, 2.24) is 15.3 Å². The molecule has 0 fully saturated rings. The quantitative estimate of drug-likeness (QED) is 0.434. The Balaban J connectivity index is 1.76. The lowest BCUT2D eigenvalue weighted by Crippen LogP contribution is -2.28. The van der Waals surface area contributed by atoms with Gasteiger partial charge in [-0.25, -0.2) is 14.6 Å². The molecular formula is C19H15ClN4O5. The van der Waals surface area contributed by atoms with Crippen LogP contribution in [0.3, 0.4) is 0 Å². The van der Waals surface area contributed by atoms with E-state index in [-0.39, 0.29) is 12.4 Å². The zero-order chi connectivity index (χ0) is 21.0. The predicted octanol–water partition coefficient (Wildman–Crippen LogP) is 2.82. The molecule has 3 aromatic rings. The van der Waals surface area contributed by atoms with E-state index in [1.54, 1.807) is 42.5 Å². The number of aromatic amines is 1. The van der Waals surface area contributed by atoms with Crippen molar-refractivity contribution in [2.24, 2.45) is 0 Å². The van der Waals surface area contributed by atoms with Crippen LogP contribution in [0.5, 0.6) is 5.75 Å². The van der Waals surface area contributed by atoms with Gasteiger partial charge in [-0.1, -0.05) is 41.9 Å². The highest BCUT2D eigenvalue weighted by atomic mass is 35.5. The van der Waals surface area contributed by atoms with Gasteiger partial charge in [-0.15, -0.1) is 0 Å². The molecule has 0 aliphatic rings. The van der Waals surface area contributed by atoms with Crippen molar-refractivity contribution in [3.63, 3.8) is 0 Å². The number of benzene rings is 2. The average Bonchev–Trinajstić information content (AvgIpc) is 2.69. The van der Waals surface area contributed by atoms with Crippen LogP contribution in [0.15, 0.2) is 53.3 Å². The molecule has 3 rings (SSSR count). The highest BCUT2D eigenvalue weighted by Gasteiger charge is 2.17. The topological polar surface area (TPSA) is 144 Å². The molecule has 0 spiro atoms. The second kappa shape index (κ2) is 8.44. The van der Waals surface area contributed by atoms with Gasteiger partial charge in [0.05, 0.1) is 0 Å². The maximum absolute atomic E-state index is 12.1. The number of halogens is 1. The monoisotopic (exact) mass is 414 g/mol. The summed E-state index contributed by atoms with van der Waals surface area (Å²) in [7, 11) is 0. The van der Waals surface area contributed by atoms with Crippen molar-refractivity contribution in [3.8, 4) is 17.1 Å². The maximum atomic E-state index is 12.1. The first-order chi connectivity index (χ1) is 13.8. The van der Waals surface area contributed by atoms with Crippen molar-refractivity contribution in [1.29, 1.82) is 0 Å². The van der Waals surface area contributed by atoms with Crippen LogP contribution in [0.25, 0.3) is 11.4 Å². The number of carbonyl (C=O) groups is 2. The second-order valence-electron chi connectivity index (χ2n) is 5.90. The summed E-state index contributed by atoms with van der Waals surface area (Å²) in [6.07, 6.45) is 0. The van der Waals surface area contributed by atoms with E-state index in [0.29, 0.717) is 16.3 Å². The van der Waals surface area contributed by atoms with Gasteiger partial charge < -0.3 is 25.8 Å². The minimum absolute atomic E-state index is 0.0645. The molecule has 2 aromatic carbocycles. The number of aromatic nitrogens is 2. The highest BCUT2D eigenvalue weighted by Crippen LogP contribution is 2.21. The Kier molecular flexibility index (Phi) is 5.79. The number of anilines is 1. The molecule has 0 unspecified atom stereocenters. The molecule has 10 heteroatoms. The summed E-state index contributed by atoms with van der Waals surface area (Å²) in [5.74, 6) is -2.58. The number of aromatic hydroxyl groups is 1. The molecule has 0 saturated carbocycles. The maximum Gasteiger partial charge on any atom is 0.358 e. The fourth-order valence-corrected chi connectivity index (χ4v) is 2.69. The molecule has 29 heavy (non-hydrogen) atoms. The Bertz CT molecular complexity index is 1150. The van der Waals surface area contributed by atoms with Crippen molar-refractivity contribution < 1.29 is 19.8 Å². The van der Waals surface area contributed by atoms with E-state index < -0.39 is 29.0 Å². The van der Waals surface area contributed by atoms with Crippen LogP contribution in [0, 0.1) is 0 Å². The van der Waals surface area contributed by atoms with E-state index in [2.05, 4.69) is 20.6 Å². The van der Waals surface area contributed by atoms with Gasteiger partial charge in [0.2, 0.25) is 5.75 Å². The molecule has 9 nitrogen and oxygen atoms in total. The molecule has 5 N–H and O–H groups in total. The molecule has 0 atom stereocenters. The molecule has 2 amide bonds.